The van der Waals surface area contributed by atoms with E-state index >= 15 is 0 Å². The SMILES string of the molecule is CCCN1CCCC(CNC)C1c1cc(C)sc1C. The second-order valence-corrected chi connectivity index (χ2v) is 7.27. The van der Waals surface area contributed by atoms with Gasteiger partial charge in [-0.3, -0.25) is 4.90 Å². The van der Waals surface area contributed by atoms with Gasteiger partial charge in [-0.05, 0) is 77.3 Å². The molecule has 0 aliphatic carbocycles. The first kappa shape index (κ1) is 15.0. The molecule has 0 radical (unpaired) electrons. The summed E-state index contributed by atoms with van der Waals surface area (Å²) >= 11 is 1.96. The van der Waals surface area contributed by atoms with E-state index in [1.807, 2.05) is 11.3 Å². The van der Waals surface area contributed by atoms with E-state index in [2.05, 4.69) is 44.1 Å². The fraction of sp³-hybridized carbons (Fsp3) is 0.750. The van der Waals surface area contributed by atoms with Crippen LogP contribution < -0.4 is 5.32 Å². The number of aryl methyl sites for hydroxylation is 2. The van der Waals surface area contributed by atoms with E-state index in [0.717, 1.165) is 12.5 Å². The first-order valence-corrected chi connectivity index (χ1v) is 8.44. The Hall–Kier alpha value is -0.380. The number of piperidine rings is 1. The molecule has 2 nitrogen and oxygen atoms in total. The summed E-state index contributed by atoms with van der Waals surface area (Å²) in [5.41, 5.74) is 1.59. The van der Waals surface area contributed by atoms with Crippen molar-refractivity contribution in [2.24, 2.45) is 5.92 Å². The Labute approximate surface area is 122 Å². The summed E-state index contributed by atoms with van der Waals surface area (Å²) in [6.07, 6.45) is 3.97. The van der Waals surface area contributed by atoms with Gasteiger partial charge in [-0.2, -0.15) is 0 Å². The largest absolute Gasteiger partial charge is 0.319 e. The van der Waals surface area contributed by atoms with Crippen LogP contribution in [-0.4, -0.2) is 31.6 Å². The average Bonchev–Trinajstić information content (AvgIpc) is 2.69. The van der Waals surface area contributed by atoms with Crippen LogP contribution in [0.25, 0.3) is 0 Å². The lowest BCUT2D eigenvalue weighted by molar-refractivity contribution is 0.0923. The summed E-state index contributed by atoms with van der Waals surface area (Å²) in [6, 6.07) is 3.06. The molecule has 108 valence electrons. The van der Waals surface area contributed by atoms with Crippen LogP contribution in [0.4, 0.5) is 0 Å². The number of nitrogens with one attached hydrogen (secondary N) is 1. The number of likely N-dealkylation sites (tertiary alicyclic amines) is 1. The van der Waals surface area contributed by atoms with Gasteiger partial charge in [0.1, 0.15) is 0 Å². The summed E-state index contributed by atoms with van der Waals surface area (Å²) in [7, 11) is 2.08. The lowest BCUT2D eigenvalue weighted by Crippen LogP contribution is -2.42. The molecule has 2 heterocycles. The molecule has 19 heavy (non-hydrogen) atoms. The summed E-state index contributed by atoms with van der Waals surface area (Å²) in [5.74, 6) is 0.762. The van der Waals surface area contributed by atoms with Crippen molar-refractivity contribution in [3.8, 4) is 0 Å². The summed E-state index contributed by atoms with van der Waals surface area (Å²) in [6.45, 7) is 10.5. The summed E-state index contributed by atoms with van der Waals surface area (Å²) in [4.78, 5) is 5.70. The predicted molar refractivity (Wildman–Crippen MR) is 85.0 cm³/mol. The number of nitrogens with zero attached hydrogens (tertiary/aromatic N) is 1. The predicted octanol–water partition coefficient (Wildman–Crippen LogP) is 3.75. The molecular weight excluding hydrogens is 252 g/mol. The van der Waals surface area contributed by atoms with E-state index in [9.17, 15) is 0 Å². The van der Waals surface area contributed by atoms with Gasteiger partial charge in [-0.25, -0.2) is 0 Å². The molecule has 1 aliphatic heterocycles. The normalized spacial score (nSPS) is 24.8. The minimum Gasteiger partial charge on any atom is -0.319 e. The van der Waals surface area contributed by atoms with Gasteiger partial charge in [0.05, 0.1) is 0 Å². The van der Waals surface area contributed by atoms with Crippen molar-refractivity contribution in [2.45, 2.75) is 46.1 Å². The Morgan fingerprint density at radius 2 is 2.21 bits per heavy atom. The topological polar surface area (TPSA) is 15.3 Å². The van der Waals surface area contributed by atoms with Gasteiger partial charge in [0, 0.05) is 15.8 Å². The van der Waals surface area contributed by atoms with Gasteiger partial charge >= 0.3 is 0 Å². The zero-order chi connectivity index (χ0) is 13.8. The molecule has 0 aromatic carbocycles. The minimum absolute atomic E-state index is 0.631. The Morgan fingerprint density at radius 1 is 1.42 bits per heavy atom. The molecule has 1 N–H and O–H groups in total. The Bertz CT molecular complexity index is 381. The molecule has 2 unspecified atom stereocenters. The highest BCUT2D eigenvalue weighted by atomic mass is 32.1. The highest BCUT2D eigenvalue weighted by Gasteiger charge is 2.33. The molecule has 0 bridgehead atoms. The molecule has 1 fully saturated rings. The van der Waals surface area contributed by atoms with E-state index in [0.29, 0.717) is 6.04 Å². The standard InChI is InChI=1S/C16H28N2S/c1-5-8-18-9-6-7-14(11-17-4)16(18)15-10-12(2)19-13(15)3/h10,14,16-17H,5-9,11H2,1-4H3. The van der Waals surface area contributed by atoms with E-state index in [1.165, 1.54) is 42.1 Å². The highest BCUT2D eigenvalue weighted by Crippen LogP contribution is 2.39. The highest BCUT2D eigenvalue weighted by molar-refractivity contribution is 7.12. The van der Waals surface area contributed by atoms with Crippen molar-refractivity contribution >= 4 is 11.3 Å². The lowest BCUT2D eigenvalue weighted by Gasteiger charge is -2.41. The Balaban J connectivity index is 2.28. The number of rotatable bonds is 5. The molecule has 1 saturated heterocycles. The third kappa shape index (κ3) is 3.39. The van der Waals surface area contributed by atoms with Crippen LogP contribution in [-0.2, 0) is 0 Å². The van der Waals surface area contributed by atoms with Gasteiger partial charge in [-0.15, -0.1) is 11.3 Å². The van der Waals surface area contributed by atoms with Gasteiger partial charge in [-0.1, -0.05) is 6.92 Å². The smallest absolute Gasteiger partial charge is 0.0399 e. The van der Waals surface area contributed by atoms with Gasteiger partial charge in [0.25, 0.3) is 0 Å². The molecule has 0 amide bonds. The first-order valence-electron chi connectivity index (χ1n) is 7.63. The number of thiophene rings is 1. The number of hydrogen-bond acceptors (Lipinski definition) is 3. The maximum atomic E-state index is 3.40. The molecular formula is C16H28N2S. The van der Waals surface area contributed by atoms with Crippen LogP contribution >= 0.6 is 11.3 Å². The number of hydrogen-bond donors (Lipinski definition) is 1. The molecule has 2 rings (SSSR count). The van der Waals surface area contributed by atoms with Crippen molar-refractivity contribution in [1.29, 1.82) is 0 Å². The van der Waals surface area contributed by atoms with Gasteiger partial charge in [0.2, 0.25) is 0 Å². The van der Waals surface area contributed by atoms with Crippen molar-refractivity contribution in [2.75, 3.05) is 26.7 Å². The lowest BCUT2D eigenvalue weighted by atomic mass is 9.84. The maximum Gasteiger partial charge on any atom is 0.0399 e. The van der Waals surface area contributed by atoms with Crippen LogP contribution in [0.5, 0.6) is 0 Å². The van der Waals surface area contributed by atoms with E-state index < -0.39 is 0 Å². The molecule has 0 spiro atoms. The van der Waals surface area contributed by atoms with Crippen molar-refractivity contribution in [3.05, 3.63) is 21.4 Å². The van der Waals surface area contributed by atoms with Crippen molar-refractivity contribution in [3.63, 3.8) is 0 Å². The molecule has 2 atom stereocenters. The van der Waals surface area contributed by atoms with Crippen molar-refractivity contribution in [1.82, 2.24) is 10.2 Å². The quantitative estimate of drug-likeness (QED) is 0.884. The summed E-state index contributed by atoms with van der Waals surface area (Å²) < 4.78 is 0. The Morgan fingerprint density at radius 3 is 2.79 bits per heavy atom. The molecule has 1 aromatic heterocycles. The second-order valence-electron chi connectivity index (χ2n) is 5.81. The van der Waals surface area contributed by atoms with Crippen LogP contribution in [0.2, 0.25) is 0 Å². The van der Waals surface area contributed by atoms with E-state index in [4.69, 9.17) is 0 Å². The van der Waals surface area contributed by atoms with Gasteiger partial charge < -0.3 is 5.32 Å². The average molecular weight is 280 g/mol. The molecule has 1 aromatic rings. The zero-order valence-corrected chi connectivity index (χ0v) is 13.6. The third-order valence-corrected chi connectivity index (χ3v) is 5.22. The second kappa shape index (κ2) is 6.87. The molecule has 3 heteroatoms. The monoisotopic (exact) mass is 280 g/mol. The Kier molecular flexibility index (Phi) is 5.43. The zero-order valence-electron chi connectivity index (χ0n) is 12.8. The van der Waals surface area contributed by atoms with E-state index in [-0.39, 0.29) is 0 Å². The van der Waals surface area contributed by atoms with Crippen molar-refractivity contribution < 1.29 is 0 Å². The van der Waals surface area contributed by atoms with Gasteiger partial charge in [0.15, 0.2) is 0 Å². The summed E-state index contributed by atoms with van der Waals surface area (Å²) in [5, 5.41) is 3.40. The van der Waals surface area contributed by atoms with Crippen LogP contribution in [0.3, 0.4) is 0 Å². The molecule has 1 aliphatic rings. The first-order chi connectivity index (χ1) is 9.17. The van der Waals surface area contributed by atoms with Crippen LogP contribution in [0.1, 0.15) is 47.5 Å². The fourth-order valence-electron chi connectivity index (χ4n) is 3.56. The minimum atomic E-state index is 0.631. The fourth-order valence-corrected chi connectivity index (χ4v) is 4.53. The molecule has 0 saturated carbocycles. The van der Waals surface area contributed by atoms with E-state index in [1.54, 1.807) is 5.56 Å². The van der Waals surface area contributed by atoms with Crippen LogP contribution in [0.15, 0.2) is 6.07 Å². The third-order valence-electron chi connectivity index (χ3n) is 4.24. The van der Waals surface area contributed by atoms with Crippen LogP contribution in [0, 0.1) is 19.8 Å². The maximum absolute atomic E-state index is 3.40.